The van der Waals surface area contributed by atoms with Gasteiger partial charge in [0.05, 0.1) is 18.2 Å². The van der Waals surface area contributed by atoms with E-state index in [4.69, 9.17) is 4.74 Å². The number of hydrogen-bond acceptors (Lipinski definition) is 1. The highest BCUT2D eigenvalue weighted by atomic mass is 19.4. The van der Waals surface area contributed by atoms with Crippen LogP contribution >= 0.6 is 0 Å². The van der Waals surface area contributed by atoms with Crippen molar-refractivity contribution in [1.29, 1.82) is 0 Å². The molecule has 0 N–H and O–H groups in total. The van der Waals surface area contributed by atoms with E-state index < -0.39 is 108 Å². The van der Waals surface area contributed by atoms with Gasteiger partial charge in [-0.2, -0.15) is 13.2 Å². The topological polar surface area (TPSA) is 9.23 Å². The molecule has 41 heavy (non-hydrogen) atoms. The highest BCUT2D eigenvalue weighted by molar-refractivity contribution is 6.22. The highest BCUT2D eigenvalue weighted by Gasteiger charge is 2.43. The molecule has 5 aromatic carbocycles. The van der Waals surface area contributed by atoms with Crippen molar-refractivity contribution < 1.29 is 57.4 Å². The number of halogens is 12. The summed E-state index contributed by atoms with van der Waals surface area (Å²) < 4.78 is 180. The molecule has 0 heterocycles. The lowest BCUT2D eigenvalue weighted by Gasteiger charge is -2.21. The van der Waals surface area contributed by atoms with E-state index in [1.807, 2.05) is 0 Å². The van der Waals surface area contributed by atoms with E-state index in [-0.39, 0.29) is 5.75 Å². The summed E-state index contributed by atoms with van der Waals surface area (Å²) >= 11 is 0. The summed E-state index contributed by atoms with van der Waals surface area (Å²) in [5.41, 5.74) is -8.02. The molecule has 0 atom stereocenters. The molecule has 0 spiro atoms. The molecular weight excluding hydrogens is 580 g/mol. The number of hydrogen-bond donors (Lipinski definition) is 0. The van der Waals surface area contributed by atoms with Gasteiger partial charge in [0.1, 0.15) is 40.4 Å². The van der Waals surface area contributed by atoms with Crippen molar-refractivity contribution >= 4 is 21.5 Å². The Balaban J connectivity index is 2.11. The van der Waals surface area contributed by atoms with Gasteiger partial charge in [-0.3, -0.25) is 0 Å². The molecular formula is C28H10F12O. The predicted molar refractivity (Wildman–Crippen MR) is 124 cm³/mol. The summed E-state index contributed by atoms with van der Waals surface area (Å²) in [7, 11) is 1.06. The molecule has 0 unspecified atom stereocenters. The second kappa shape index (κ2) is 9.60. The Bertz CT molecular complexity index is 1860. The first-order valence-electron chi connectivity index (χ1n) is 11.2. The van der Waals surface area contributed by atoms with Crippen molar-refractivity contribution in [2.24, 2.45) is 0 Å². The summed E-state index contributed by atoms with van der Waals surface area (Å²) in [6.45, 7) is 0. The van der Waals surface area contributed by atoms with E-state index >= 15 is 26.3 Å². The minimum Gasteiger partial charge on any atom is -0.497 e. The maximum Gasteiger partial charge on any atom is 0.422 e. The van der Waals surface area contributed by atoms with Crippen LogP contribution in [-0.4, -0.2) is 7.11 Å². The van der Waals surface area contributed by atoms with E-state index in [0.717, 1.165) is 7.11 Å². The van der Waals surface area contributed by atoms with E-state index in [1.165, 1.54) is 0 Å². The standard InChI is InChI=1S/C28H10F12O/c1-41-10-7-15(32)19(16(33)8-10)18-12-6-9(29)2-3-11(12)17(20-13(30)4-5-14(31)21(18)20)22-24(34)26(36)23(28(38,39)40)27(37)25(22)35/h2-8H,1H3. The lowest BCUT2D eigenvalue weighted by atomic mass is 9.84. The summed E-state index contributed by atoms with van der Waals surface area (Å²) in [5.74, 6) is -18.5. The Morgan fingerprint density at radius 1 is 0.512 bits per heavy atom. The third kappa shape index (κ3) is 4.21. The molecule has 212 valence electrons. The van der Waals surface area contributed by atoms with Crippen molar-refractivity contribution in [2.75, 3.05) is 7.11 Å². The quantitative estimate of drug-likeness (QED) is 0.116. The molecule has 0 radical (unpaired) electrons. The minimum atomic E-state index is -5.91. The Labute approximate surface area is 221 Å². The van der Waals surface area contributed by atoms with Crippen molar-refractivity contribution in [3.63, 3.8) is 0 Å². The van der Waals surface area contributed by atoms with Crippen molar-refractivity contribution in [2.45, 2.75) is 6.18 Å². The van der Waals surface area contributed by atoms with Gasteiger partial charge < -0.3 is 4.74 Å². The first-order valence-corrected chi connectivity index (χ1v) is 11.2. The van der Waals surface area contributed by atoms with Crippen LogP contribution in [-0.2, 0) is 6.18 Å². The van der Waals surface area contributed by atoms with Crippen LogP contribution in [0, 0.1) is 52.4 Å². The van der Waals surface area contributed by atoms with Crippen molar-refractivity contribution in [3.05, 3.63) is 100 Å². The lowest BCUT2D eigenvalue weighted by molar-refractivity contribution is -0.143. The first-order chi connectivity index (χ1) is 19.2. The number of ether oxygens (including phenoxy) is 1. The smallest absolute Gasteiger partial charge is 0.422 e. The van der Waals surface area contributed by atoms with Gasteiger partial charge in [0.2, 0.25) is 0 Å². The van der Waals surface area contributed by atoms with E-state index in [0.29, 0.717) is 42.5 Å². The largest absolute Gasteiger partial charge is 0.497 e. The molecule has 0 saturated heterocycles. The molecule has 0 aliphatic rings. The SMILES string of the molecule is COc1cc(F)c(-c2c3cc(F)ccc3c(-c3c(F)c(F)c(C(F)(F)F)c(F)c3F)c3c(F)ccc(F)c23)c(F)c1. The lowest BCUT2D eigenvalue weighted by Crippen LogP contribution is -2.16. The van der Waals surface area contributed by atoms with Crippen LogP contribution in [0.3, 0.4) is 0 Å². The molecule has 0 bridgehead atoms. The van der Waals surface area contributed by atoms with Crippen molar-refractivity contribution in [3.8, 4) is 28.0 Å². The van der Waals surface area contributed by atoms with E-state index in [9.17, 15) is 26.3 Å². The average molecular weight is 590 g/mol. The molecule has 13 heteroatoms. The Morgan fingerprint density at radius 2 is 1.00 bits per heavy atom. The van der Waals surface area contributed by atoms with Gasteiger partial charge in [0.25, 0.3) is 0 Å². The minimum absolute atomic E-state index is 0.355. The zero-order valence-corrected chi connectivity index (χ0v) is 20.0. The fraction of sp³-hybridized carbons (Fsp3) is 0.0714. The molecule has 0 aliphatic carbocycles. The van der Waals surface area contributed by atoms with Gasteiger partial charge in [0, 0.05) is 34.0 Å². The predicted octanol–water partition coefficient (Wildman–Crippen LogP) is 9.61. The molecule has 0 fully saturated rings. The zero-order valence-electron chi connectivity index (χ0n) is 20.0. The van der Waals surface area contributed by atoms with E-state index in [2.05, 4.69) is 0 Å². The van der Waals surface area contributed by atoms with Gasteiger partial charge in [-0.05, 0) is 35.0 Å². The molecule has 0 amide bonds. The van der Waals surface area contributed by atoms with Crippen LogP contribution in [0.15, 0.2) is 42.5 Å². The number of rotatable bonds is 3. The van der Waals surface area contributed by atoms with Gasteiger partial charge >= 0.3 is 6.18 Å². The maximum absolute atomic E-state index is 15.4. The van der Waals surface area contributed by atoms with E-state index in [1.54, 1.807) is 0 Å². The number of methoxy groups -OCH3 is 1. The van der Waals surface area contributed by atoms with Crippen LogP contribution in [0.25, 0.3) is 43.8 Å². The van der Waals surface area contributed by atoms with Crippen LogP contribution in [0.5, 0.6) is 5.75 Å². The number of benzene rings is 5. The van der Waals surface area contributed by atoms with Crippen LogP contribution < -0.4 is 4.74 Å². The molecule has 0 aliphatic heterocycles. The normalized spacial score (nSPS) is 12.0. The van der Waals surface area contributed by atoms with Crippen LogP contribution in [0.2, 0.25) is 0 Å². The molecule has 5 aromatic rings. The summed E-state index contributed by atoms with van der Waals surface area (Å²) in [5, 5.41) is -3.82. The summed E-state index contributed by atoms with van der Waals surface area (Å²) in [6.07, 6.45) is -5.91. The monoisotopic (exact) mass is 590 g/mol. The summed E-state index contributed by atoms with van der Waals surface area (Å²) in [6, 6.07) is 3.89. The van der Waals surface area contributed by atoms with Crippen molar-refractivity contribution in [1.82, 2.24) is 0 Å². The van der Waals surface area contributed by atoms with Gasteiger partial charge in [-0.25, -0.2) is 39.5 Å². The number of fused-ring (bicyclic) bond motifs is 2. The Kier molecular flexibility index (Phi) is 6.58. The molecule has 0 aromatic heterocycles. The van der Waals surface area contributed by atoms with Crippen LogP contribution in [0.1, 0.15) is 5.56 Å². The Morgan fingerprint density at radius 3 is 1.46 bits per heavy atom. The highest BCUT2D eigenvalue weighted by Crippen LogP contribution is 2.49. The Hall–Kier alpha value is -4.42. The van der Waals surface area contributed by atoms with Gasteiger partial charge in [-0.15, -0.1) is 0 Å². The molecule has 5 rings (SSSR count). The van der Waals surface area contributed by atoms with Gasteiger partial charge in [-0.1, -0.05) is 6.07 Å². The summed E-state index contributed by atoms with van der Waals surface area (Å²) in [4.78, 5) is 0. The maximum atomic E-state index is 15.4. The first kappa shape index (κ1) is 28.1. The fourth-order valence-corrected chi connectivity index (χ4v) is 4.78. The molecule has 1 nitrogen and oxygen atoms in total. The number of alkyl halides is 3. The fourth-order valence-electron chi connectivity index (χ4n) is 4.78. The second-order valence-corrected chi connectivity index (χ2v) is 8.69. The average Bonchev–Trinajstić information content (AvgIpc) is 2.89. The molecule has 0 saturated carbocycles. The third-order valence-corrected chi connectivity index (χ3v) is 6.42. The second-order valence-electron chi connectivity index (χ2n) is 8.69. The van der Waals surface area contributed by atoms with Crippen LogP contribution in [0.4, 0.5) is 52.7 Å². The zero-order chi connectivity index (χ0) is 30.1. The third-order valence-electron chi connectivity index (χ3n) is 6.42. The van der Waals surface area contributed by atoms with Gasteiger partial charge in [0.15, 0.2) is 23.3 Å².